The van der Waals surface area contributed by atoms with Gasteiger partial charge in [-0.3, -0.25) is 0 Å². The van der Waals surface area contributed by atoms with Crippen LogP contribution < -0.4 is 10.6 Å². The van der Waals surface area contributed by atoms with Crippen LogP contribution >= 0.6 is 0 Å². The molecule has 0 aromatic carbocycles. The van der Waals surface area contributed by atoms with E-state index in [1.54, 1.807) is 6.33 Å². The Morgan fingerprint density at radius 3 is 2.95 bits per heavy atom. The van der Waals surface area contributed by atoms with E-state index in [2.05, 4.69) is 34.0 Å². The highest BCUT2D eigenvalue weighted by molar-refractivity contribution is 5.53. The van der Waals surface area contributed by atoms with Crippen molar-refractivity contribution in [2.45, 2.75) is 32.2 Å². The highest BCUT2D eigenvalue weighted by Gasteiger charge is 2.37. The molecule has 2 aromatic heterocycles. The van der Waals surface area contributed by atoms with Crippen LogP contribution in [0.5, 0.6) is 0 Å². The van der Waals surface area contributed by atoms with Crippen molar-refractivity contribution in [2.75, 3.05) is 18.0 Å². The summed E-state index contributed by atoms with van der Waals surface area (Å²) in [5.41, 5.74) is 8.31. The number of hydrogen-bond donors (Lipinski definition) is 1. The highest BCUT2D eigenvalue weighted by atomic mass is 15.4. The second kappa shape index (κ2) is 4.45. The molecular formula is C15H21N5. The summed E-state index contributed by atoms with van der Waals surface area (Å²) in [6, 6.07) is 4.70. The minimum absolute atomic E-state index is 0.403. The van der Waals surface area contributed by atoms with E-state index in [0.717, 1.165) is 30.6 Å². The molecule has 0 radical (unpaired) electrons. The molecule has 1 saturated carbocycles. The molecule has 0 spiro atoms. The van der Waals surface area contributed by atoms with Crippen LogP contribution in [0.4, 0.5) is 5.82 Å². The van der Waals surface area contributed by atoms with E-state index in [0.29, 0.717) is 6.04 Å². The third-order valence-corrected chi connectivity index (χ3v) is 4.92. The van der Waals surface area contributed by atoms with Gasteiger partial charge in [-0.05, 0) is 55.7 Å². The molecule has 5 heteroatoms. The molecule has 1 aliphatic carbocycles. The Bertz CT molecular complexity index is 634. The lowest BCUT2D eigenvalue weighted by molar-refractivity contribution is 0.271. The Hall–Kier alpha value is -1.62. The molecule has 0 amide bonds. The first kappa shape index (κ1) is 12.1. The van der Waals surface area contributed by atoms with Crippen LogP contribution in [0.25, 0.3) is 5.65 Å². The lowest BCUT2D eigenvalue weighted by Gasteiger charge is -2.27. The average molecular weight is 271 g/mol. The number of nitrogens with two attached hydrogens (primary N) is 1. The molecule has 20 heavy (non-hydrogen) atoms. The summed E-state index contributed by atoms with van der Waals surface area (Å²) in [6.45, 7) is 4.36. The van der Waals surface area contributed by atoms with Gasteiger partial charge in [-0.15, -0.1) is 0 Å². The summed E-state index contributed by atoms with van der Waals surface area (Å²) in [4.78, 5) is 6.79. The molecule has 1 aliphatic heterocycles. The monoisotopic (exact) mass is 271 g/mol. The van der Waals surface area contributed by atoms with E-state index in [1.165, 1.54) is 30.6 Å². The topological polar surface area (TPSA) is 59.5 Å². The number of rotatable bonds is 1. The molecule has 1 unspecified atom stereocenters. The molecule has 3 heterocycles. The van der Waals surface area contributed by atoms with Crippen LogP contribution in [0.2, 0.25) is 0 Å². The zero-order valence-corrected chi connectivity index (χ0v) is 11.9. The Balaban J connectivity index is 1.68. The van der Waals surface area contributed by atoms with Crippen LogP contribution in [-0.4, -0.2) is 33.7 Å². The van der Waals surface area contributed by atoms with Crippen LogP contribution in [-0.2, 0) is 0 Å². The average Bonchev–Trinajstić information content (AvgIpc) is 3.02. The van der Waals surface area contributed by atoms with Crippen LogP contribution in [0.1, 0.15) is 24.8 Å². The highest BCUT2D eigenvalue weighted by Crippen LogP contribution is 2.37. The zero-order valence-electron chi connectivity index (χ0n) is 11.9. The second-order valence-electron chi connectivity index (χ2n) is 6.42. The number of aromatic nitrogens is 3. The first-order chi connectivity index (χ1) is 9.70. The number of hydrogen-bond acceptors (Lipinski definition) is 4. The van der Waals surface area contributed by atoms with Crippen LogP contribution in [0, 0.1) is 18.8 Å². The van der Waals surface area contributed by atoms with Crippen molar-refractivity contribution in [1.82, 2.24) is 14.6 Å². The molecule has 2 fully saturated rings. The van der Waals surface area contributed by atoms with Crippen LogP contribution in [0.3, 0.4) is 0 Å². The minimum atomic E-state index is 0.403. The fraction of sp³-hybridized carbons (Fsp3) is 0.600. The SMILES string of the molecule is Cc1cc(N2C[C@H]3CCC(N)C[C@H]3C2)n2ncnc2c1. The fourth-order valence-corrected chi connectivity index (χ4v) is 3.92. The van der Waals surface area contributed by atoms with Crippen molar-refractivity contribution >= 4 is 11.5 Å². The minimum Gasteiger partial charge on any atom is -0.356 e. The molecular weight excluding hydrogens is 250 g/mol. The lowest BCUT2D eigenvalue weighted by Crippen LogP contribution is -2.32. The maximum absolute atomic E-state index is 6.13. The van der Waals surface area contributed by atoms with E-state index >= 15 is 0 Å². The third-order valence-electron chi connectivity index (χ3n) is 4.92. The number of pyridine rings is 1. The van der Waals surface area contributed by atoms with Crippen LogP contribution in [0.15, 0.2) is 18.5 Å². The maximum Gasteiger partial charge on any atom is 0.157 e. The van der Waals surface area contributed by atoms with Gasteiger partial charge in [0, 0.05) is 19.1 Å². The van der Waals surface area contributed by atoms with Gasteiger partial charge >= 0.3 is 0 Å². The quantitative estimate of drug-likeness (QED) is 0.856. The van der Waals surface area contributed by atoms with Crippen molar-refractivity contribution < 1.29 is 0 Å². The molecule has 106 valence electrons. The number of anilines is 1. The molecule has 2 aromatic rings. The molecule has 2 aliphatic rings. The largest absolute Gasteiger partial charge is 0.356 e. The molecule has 3 atom stereocenters. The Morgan fingerprint density at radius 1 is 1.20 bits per heavy atom. The van der Waals surface area contributed by atoms with Gasteiger partial charge in [0.25, 0.3) is 0 Å². The van der Waals surface area contributed by atoms with Gasteiger partial charge in [0.05, 0.1) is 0 Å². The van der Waals surface area contributed by atoms with Crippen molar-refractivity contribution in [3.8, 4) is 0 Å². The number of aryl methyl sites for hydroxylation is 1. The smallest absolute Gasteiger partial charge is 0.157 e. The van der Waals surface area contributed by atoms with Crippen molar-refractivity contribution in [2.24, 2.45) is 17.6 Å². The van der Waals surface area contributed by atoms with Gasteiger partial charge in [0.15, 0.2) is 5.65 Å². The number of fused-ring (bicyclic) bond motifs is 2. The van der Waals surface area contributed by atoms with E-state index in [9.17, 15) is 0 Å². The van der Waals surface area contributed by atoms with Gasteiger partial charge in [-0.25, -0.2) is 4.98 Å². The molecule has 5 nitrogen and oxygen atoms in total. The van der Waals surface area contributed by atoms with Gasteiger partial charge in [-0.1, -0.05) is 0 Å². The summed E-state index contributed by atoms with van der Waals surface area (Å²) in [5.74, 6) is 2.73. The van der Waals surface area contributed by atoms with Gasteiger partial charge in [-0.2, -0.15) is 9.61 Å². The number of nitrogens with zero attached hydrogens (tertiary/aromatic N) is 4. The summed E-state index contributed by atoms with van der Waals surface area (Å²) < 4.78 is 1.96. The predicted molar refractivity (Wildman–Crippen MR) is 78.7 cm³/mol. The molecule has 1 saturated heterocycles. The zero-order chi connectivity index (χ0) is 13.7. The second-order valence-corrected chi connectivity index (χ2v) is 6.42. The molecule has 0 bridgehead atoms. The standard InChI is InChI=1S/C15H21N5/c1-10-4-14-17-9-18-20(14)15(5-10)19-7-11-2-3-13(16)6-12(11)8-19/h4-5,9,11-13H,2-3,6-8,16H2,1H3/t11-,12+,13?/m1/s1. The summed E-state index contributed by atoms with van der Waals surface area (Å²) in [5, 5.41) is 4.38. The molecule has 4 rings (SSSR count). The Kier molecular flexibility index (Phi) is 2.70. The summed E-state index contributed by atoms with van der Waals surface area (Å²) in [6.07, 6.45) is 5.26. The van der Waals surface area contributed by atoms with E-state index in [1.807, 2.05) is 4.52 Å². The Labute approximate surface area is 118 Å². The Morgan fingerprint density at radius 2 is 2.05 bits per heavy atom. The molecule has 2 N–H and O–H groups in total. The van der Waals surface area contributed by atoms with E-state index in [4.69, 9.17) is 5.73 Å². The fourth-order valence-electron chi connectivity index (χ4n) is 3.92. The predicted octanol–water partition coefficient (Wildman–Crippen LogP) is 1.60. The maximum atomic E-state index is 6.13. The van der Waals surface area contributed by atoms with E-state index in [-0.39, 0.29) is 0 Å². The van der Waals surface area contributed by atoms with Crippen molar-refractivity contribution in [1.29, 1.82) is 0 Å². The lowest BCUT2D eigenvalue weighted by atomic mass is 9.79. The first-order valence-electron chi connectivity index (χ1n) is 7.51. The third kappa shape index (κ3) is 1.88. The normalized spacial score (nSPS) is 29.9. The van der Waals surface area contributed by atoms with E-state index < -0.39 is 0 Å². The summed E-state index contributed by atoms with van der Waals surface area (Å²) in [7, 11) is 0. The van der Waals surface area contributed by atoms with Crippen molar-refractivity contribution in [3.63, 3.8) is 0 Å². The summed E-state index contributed by atoms with van der Waals surface area (Å²) >= 11 is 0. The van der Waals surface area contributed by atoms with Gasteiger partial charge in [0.1, 0.15) is 12.1 Å². The van der Waals surface area contributed by atoms with Gasteiger partial charge < -0.3 is 10.6 Å². The van der Waals surface area contributed by atoms with Gasteiger partial charge in [0.2, 0.25) is 0 Å². The first-order valence-corrected chi connectivity index (χ1v) is 7.51. The van der Waals surface area contributed by atoms with Crippen molar-refractivity contribution in [3.05, 3.63) is 24.0 Å².